The van der Waals surface area contributed by atoms with Crippen molar-refractivity contribution >= 4 is 17.5 Å². The Bertz CT molecular complexity index is 398. The van der Waals surface area contributed by atoms with Crippen molar-refractivity contribution in [2.75, 3.05) is 19.0 Å². The zero-order chi connectivity index (χ0) is 12.8. The van der Waals surface area contributed by atoms with Crippen molar-refractivity contribution in [2.45, 2.75) is 13.3 Å². The molecule has 1 rings (SSSR count). The Hall–Kier alpha value is -1.16. The third kappa shape index (κ3) is 3.40. The fourth-order valence-electron chi connectivity index (χ4n) is 1.49. The summed E-state index contributed by atoms with van der Waals surface area (Å²) in [7, 11) is 0. The molecule has 0 fully saturated rings. The van der Waals surface area contributed by atoms with Crippen LogP contribution in [-0.2, 0) is 0 Å². The van der Waals surface area contributed by atoms with E-state index in [0.717, 1.165) is 6.07 Å². The standard InChI is InChI=1S/C12H14ClF2NO/c1-2-16(8-4-7-13)12(17)9-5-3-6-10(14)11(9)15/h3,5-6H,2,4,7-8H2,1H3. The molecule has 0 aromatic heterocycles. The summed E-state index contributed by atoms with van der Waals surface area (Å²) >= 11 is 5.54. The maximum absolute atomic E-state index is 13.4. The average Bonchev–Trinajstić information content (AvgIpc) is 2.33. The molecule has 1 amide bonds. The summed E-state index contributed by atoms with van der Waals surface area (Å²) < 4.78 is 26.4. The first-order valence-electron chi connectivity index (χ1n) is 5.41. The lowest BCUT2D eigenvalue weighted by molar-refractivity contribution is 0.0759. The van der Waals surface area contributed by atoms with E-state index in [4.69, 9.17) is 11.6 Å². The van der Waals surface area contributed by atoms with Gasteiger partial charge >= 0.3 is 0 Å². The molecule has 0 aliphatic carbocycles. The fourth-order valence-corrected chi connectivity index (χ4v) is 1.61. The Kier molecular flexibility index (Phi) is 5.35. The minimum absolute atomic E-state index is 0.235. The normalized spacial score (nSPS) is 10.4. The van der Waals surface area contributed by atoms with Crippen LogP contribution in [0.5, 0.6) is 0 Å². The second-order valence-corrected chi connectivity index (χ2v) is 3.91. The second kappa shape index (κ2) is 6.55. The number of carbonyl (C=O) groups is 1. The molecule has 0 heterocycles. The van der Waals surface area contributed by atoms with E-state index in [9.17, 15) is 13.6 Å². The van der Waals surface area contributed by atoms with Gasteiger partial charge in [-0.3, -0.25) is 4.79 Å². The highest BCUT2D eigenvalue weighted by Crippen LogP contribution is 2.14. The monoisotopic (exact) mass is 261 g/mol. The maximum Gasteiger partial charge on any atom is 0.256 e. The molecule has 0 atom stereocenters. The van der Waals surface area contributed by atoms with Gasteiger partial charge in [-0.05, 0) is 25.5 Å². The number of hydrogen-bond acceptors (Lipinski definition) is 1. The number of halogens is 3. The van der Waals surface area contributed by atoms with E-state index in [1.807, 2.05) is 0 Å². The maximum atomic E-state index is 13.4. The van der Waals surface area contributed by atoms with Crippen LogP contribution in [-0.4, -0.2) is 29.8 Å². The molecule has 0 saturated carbocycles. The van der Waals surface area contributed by atoms with E-state index in [1.165, 1.54) is 17.0 Å². The lowest BCUT2D eigenvalue weighted by Crippen LogP contribution is -2.32. The highest BCUT2D eigenvalue weighted by Gasteiger charge is 2.19. The first-order valence-corrected chi connectivity index (χ1v) is 5.94. The van der Waals surface area contributed by atoms with Crippen molar-refractivity contribution < 1.29 is 13.6 Å². The highest BCUT2D eigenvalue weighted by molar-refractivity contribution is 6.17. The number of hydrogen-bond donors (Lipinski definition) is 0. The average molecular weight is 262 g/mol. The Morgan fingerprint density at radius 2 is 2.12 bits per heavy atom. The summed E-state index contributed by atoms with van der Waals surface area (Å²) in [5, 5.41) is 0. The van der Waals surface area contributed by atoms with E-state index >= 15 is 0 Å². The van der Waals surface area contributed by atoms with Gasteiger partial charge in [-0.1, -0.05) is 6.07 Å². The summed E-state index contributed by atoms with van der Waals surface area (Å²) in [6, 6.07) is 3.59. The first kappa shape index (κ1) is 13.9. The van der Waals surface area contributed by atoms with Crippen LogP contribution in [0, 0.1) is 11.6 Å². The molecule has 17 heavy (non-hydrogen) atoms. The summed E-state index contributed by atoms with van der Waals surface area (Å²) in [5.41, 5.74) is -0.235. The van der Waals surface area contributed by atoms with Crippen LogP contribution >= 0.6 is 11.6 Å². The Morgan fingerprint density at radius 3 is 2.71 bits per heavy atom. The number of rotatable bonds is 5. The van der Waals surface area contributed by atoms with Crippen LogP contribution in [0.3, 0.4) is 0 Å². The minimum atomic E-state index is -1.10. The second-order valence-electron chi connectivity index (χ2n) is 3.53. The van der Waals surface area contributed by atoms with Crippen molar-refractivity contribution in [1.82, 2.24) is 4.90 Å². The molecule has 0 aliphatic heterocycles. The quantitative estimate of drug-likeness (QED) is 0.746. The molecule has 0 aliphatic rings. The Balaban J connectivity index is 2.90. The Morgan fingerprint density at radius 1 is 1.41 bits per heavy atom. The van der Waals surface area contributed by atoms with E-state index < -0.39 is 17.5 Å². The summed E-state index contributed by atoms with van der Waals surface area (Å²) in [4.78, 5) is 13.4. The summed E-state index contributed by atoms with van der Waals surface area (Å²) in [6.45, 7) is 2.66. The van der Waals surface area contributed by atoms with Crippen LogP contribution in [0.2, 0.25) is 0 Å². The fraction of sp³-hybridized carbons (Fsp3) is 0.417. The number of alkyl halides is 1. The predicted octanol–water partition coefficient (Wildman–Crippen LogP) is 3.06. The van der Waals surface area contributed by atoms with Gasteiger partial charge in [0.2, 0.25) is 0 Å². The van der Waals surface area contributed by atoms with Crippen LogP contribution in [0.1, 0.15) is 23.7 Å². The predicted molar refractivity (Wildman–Crippen MR) is 63.3 cm³/mol. The molecule has 0 bridgehead atoms. The molecule has 94 valence electrons. The molecular formula is C12H14ClF2NO. The molecule has 1 aromatic carbocycles. The largest absolute Gasteiger partial charge is 0.339 e. The summed E-state index contributed by atoms with van der Waals surface area (Å²) in [5.74, 6) is -2.18. The van der Waals surface area contributed by atoms with Gasteiger partial charge in [0.25, 0.3) is 5.91 Å². The number of nitrogens with zero attached hydrogens (tertiary/aromatic N) is 1. The van der Waals surface area contributed by atoms with Gasteiger partial charge in [-0.15, -0.1) is 11.6 Å². The molecular weight excluding hydrogens is 248 g/mol. The van der Waals surface area contributed by atoms with E-state index in [2.05, 4.69) is 0 Å². The summed E-state index contributed by atoms with van der Waals surface area (Å²) in [6.07, 6.45) is 0.623. The molecule has 5 heteroatoms. The minimum Gasteiger partial charge on any atom is -0.339 e. The van der Waals surface area contributed by atoms with Crippen molar-refractivity contribution in [3.63, 3.8) is 0 Å². The van der Waals surface area contributed by atoms with Crippen molar-refractivity contribution in [1.29, 1.82) is 0 Å². The molecule has 0 radical (unpaired) electrons. The SMILES string of the molecule is CCN(CCCCl)C(=O)c1cccc(F)c1F. The van der Waals surface area contributed by atoms with Gasteiger partial charge in [-0.25, -0.2) is 8.78 Å². The topological polar surface area (TPSA) is 20.3 Å². The zero-order valence-electron chi connectivity index (χ0n) is 9.55. The first-order chi connectivity index (χ1) is 8.11. The van der Waals surface area contributed by atoms with Crippen LogP contribution < -0.4 is 0 Å². The number of carbonyl (C=O) groups excluding carboxylic acids is 1. The molecule has 0 N–H and O–H groups in total. The van der Waals surface area contributed by atoms with E-state index in [0.29, 0.717) is 25.4 Å². The molecule has 0 unspecified atom stereocenters. The Labute approximate surface area is 104 Å². The zero-order valence-corrected chi connectivity index (χ0v) is 10.3. The molecule has 0 saturated heterocycles. The van der Waals surface area contributed by atoms with Crippen LogP contribution in [0.4, 0.5) is 8.78 Å². The van der Waals surface area contributed by atoms with Crippen molar-refractivity contribution in [2.24, 2.45) is 0 Å². The third-order valence-electron chi connectivity index (χ3n) is 2.41. The van der Waals surface area contributed by atoms with Gasteiger partial charge in [0, 0.05) is 19.0 Å². The molecule has 1 aromatic rings. The van der Waals surface area contributed by atoms with Gasteiger partial charge in [0.15, 0.2) is 11.6 Å². The van der Waals surface area contributed by atoms with Crippen molar-refractivity contribution in [3.05, 3.63) is 35.4 Å². The van der Waals surface area contributed by atoms with Crippen LogP contribution in [0.15, 0.2) is 18.2 Å². The van der Waals surface area contributed by atoms with Gasteiger partial charge in [0.1, 0.15) is 0 Å². The highest BCUT2D eigenvalue weighted by atomic mass is 35.5. The number of amides is 1. The van der Waals surface area contributed by atoms with Gasteiger partial charge < -0.3 is 4.90 Å². The smallest absolute Gasteiger partial charge is 0.256 e. The van der Waals surface area contributed by atoms with E-state index in [1.54, 1.807) is 6.92 Å². The molecule has 2 nitrogen and oxygen atoms in total. The van der Waals surface area contributed by atoms with Crippen molar-refractivity contribution in [3.8, 4) is 0 Å². The lowest BCUT2D eigenvalue weighted by Gasteiger charge is -2.20. The van der Waals surface area contributed by atoms with Gasteiger partial charge in [0.05, 0.1) is 5.56 Å². The third-order valence-corrected chi connectivity index (χ3v) is 2.68. The lowest BCUT2D eigenvalue weighted by atomic mass is 10.1. The number of benzene rings is 1. The van der Waals surface area contributed by atoms with Crippen LogP contribution in [0.25, 0.3) is 0 Å². The van der Waals surface area contributed by atoms with Gasteiger partial charge in [-0.2, -0.15) is 0 Å². The van der Waals surface area contributed by atoms with E-state index in [-0.39, 0.29) is 5.56 Å². The molecule has 0 spiro atoms.